The summed E-state index contributed by atoms with van der Waals surface area (Å²) in [6, 6.07) is 6.73. The lowest BCUT2D eigenvalue weighted by atomic mass is 9.96. The monoisotopic (exact) mass is 371 g/mol. The van der Waals surface area contributed by atoms with Crippen molar-refractivity contribution in [3.05, 3.63) is 35.4 Å². The number of amides is 3. The van der Waals surface area contributed by atoms with Crippen LogP contribution in [0.1, 0.15) is 33.6 Å². The van der Waals surface area contributed by atoms with E-state index in [1.807, 2.05) is 0 Å². The highest BCUT2D eigenvalue weighted by Crippen LogP contribution is 2.23. The van der Waals surface area contributed by atoms with Crippen LogP contribution >= 0.6 is 0 Å². The van der Waals surface area contributed by atoms with Gasteiger partial charge in [0.1, 0.15) is 6.54 Å². The molecule has 0 radical (unpaired) electrons. The van der Waals surface area contributed by atoms with E-state index in [0.717, 1.165) is 50.6 Å². The molecular formula is C20H25N3O4. The zero-order valence-corrected chi connectivity index (χ0v) is 15.4. The summed E-state index contributed by atoms with van der Waals surface area (Å²) in [5, 5.41) is 0. The molecule has 7 nitrogen and oxygen atoms in total. The minimum atomic E-state index is -0.369. The molecule has 7 heteroatoms. The number of fused-ring (bicyclic) bond motifs is 1. The first-order valence-electron chi connectivity index (χ1n) is 9.66. The third kappa shape index (κ3) is 3.75. The van der Waals surface area contributed by atoms with E-state index in [-0.39, 0.29) is 24.3 Å². The zero-order valence-electron chi connectivity index (χ0n) is 15.4. The van der Waals surface area contributed by atoms with Crippen molar-refractivity contribution in [2.24, 2.45) is 5.92 Å². The van der Waals surface area contributed by atoms with E-state index in [9.17, 15) is 14.4 Å². The number of hydrogen-bond donors (Lipinski definition) is 0. The Kier molecular flexibility index (Phi) is 5.22. The van der Waals surface area contributed by atoms with Gasteiger partial charge < -0.3 is 9.64 Å². The van der Waals surface area contributed by atoms with E-state index in [0.29, 0.717) is 30.1 Å². The number of hydrogen-bond acceptors (Lipinski definition) is 5. The number of ether oxygens (including phenoxy) is 1. The molecular weight excluding hydrogens is 346 g/mol. The summed E-state index contributed by atoms with van der Waals surface area (Å²) < 4.78 is 5.39. The Morgan fingerprint density at radius 1 is 0.963 bits per heavy atom. The Hall–Kier alpha value is -2.25. The average Bonchev–Trinajstić information content (AvgIpc) is 2.94. The molecule has 3 aliphatic rings. The highest BCUT2D eigenvalue weighted by molar-refractivity contribution is 6.22. The predicted molar refractivity (Wildman–Crippen MR) is 98.4 cm³/mol. The van der Waals surface area contributed by atoms with E-state index in [4.69, 9.17) is 4.74 Å². The summed E-state index contributed by atoms with van der Waals surface area (Å²) in [6.07, 6.45) is 1.93. The maximum Gasteiger partial charge on any atom is 0.262 e. The molecule has 4 rings (SSSR count). The normalized spacial score (nSPS) is 21.6. The third-order valence-corrected chi connectivity index (χ3v) is 5.76. The number of carbonyl (C=O) groups excluding carboxylic acids is 3. The van der Waals surface area contributed by atoms with Gasteiger partial charge in [-0.15, -0.1) is 0 Å². The van der Waals surface area contributed by atoms with Crippen LogP contribution in [0.2, 0.25) is 0 Å². The van der Waals surface area contributed by atoms with E-state index >= 15 is 0 Å². The SMILES string of the molecule is O=C(CN1C(=O)c2ccccc2C1=O)N1CCC(CN2CCOCC2)CC1. The molecule has 144 valence electrons. The number of nitrogens with zero attached hydrogens (tertiary/aromatic N) is 3. The standard InChI is InChI=1S/C20H25N3O4/c24-18(14-23-19(25)16-3-1-2-4-17(16)20(23)26)22-7-5-15(6-8-22)13-21-9-11-27-12-10-21/h1-4,15H,5-14H2. The molecule has 3 heterocycles. The summed E-state index contributed by atoms with van der Waals surface area (Å²) >= 11 is 0. The third-order valence-electron chi connectivity index (χ3n) is 5.76. The Morgan fingerprint density at radius 2 is 1.56 bits per heavy atom. The number of morpholine rings is 1. The molecule has 0 bridgehead atoms. The van der Waals surface area contributed by atoms with Gasteiger partial charge in [0.15, 0.2) is 0 Å². The molecule has 2 fully saturated rings. The first kappa shape index (κ1) is 18.1. The average molecular weight is 371 g/mol. The molecule has 0 aliphatic carbocycles. The maximum absolute atomic E-state index is 12.6. The summed E-state index contributed by atoms with van der Waals surface area (Å²) in [6.45, 7) is 5.85. The quantitative estimate of drug-likeness (QED) is 0.734. The van der Waals surface area contributed by atoms with Gasteiger partial charge >= 0.3 is 0 Å². The molecule has 3 amide bonds. The molecule has 0 aromatic heterocycles. The van der Waals surface area contributed by atoms with Gasteiger partial charge in [-0.3, -0.25) is 24.2 Å². The lowest BCUT2D eigenvalue weighted by Crippen LogP contribution is -2.47. The highest BCUT2D eigenvalue weighted by Gasteiger charge is 2.37. The van der Waals surface area contributed by atoms with Crippen LogP contribution in [-0.2, 0) is 9.53 Å². The summed E-state index contributed by atoms with van der Waals surface area (Å²) in [4.78, 5) is 42.8. The van der Waals surface area contributed by atoms with Crippen molar-refractivity contribution in [1.82, 2.24) is 14.7 Å². The van der Waals surface area contributed by atoms with Crippen LogP contribution in [0.25, 0.3) is 0 Å². The predicted octanol–water partition coefficient (Wildman–Crippen LogP) is 0.853. The fourth-order valence-corrected chi connectivity index (χ4v) is 4.13. The molecule has 2 saturated heterocycles. The number of piperidine rings is 1. The minimum absolute atomic E-state index is 0.144. The first-order chi connectivity index (χ1) is 13.1. The summed E-state index contributed by atoms with van der Waals surface area (Å²) in [5.74, 6) is -0.293. The van der Waals surface area contributed by atoms with E-state index < -0.39 is 0 Å². The second kappa shape index (κ2) is 7.78. The van der Waals surface area contributed by atoms with Crippen molar-refractivity contribution >= 4 is 17.7 Å². The summed E-state index contributed by atoms with van der Waals surface area (Å²) in [7, 11) is 0. The lowest BCUT2D eigenvalue weighted by Gasteiger charge is -2.36. The van der Waals surface area contributed by atoms with Crippen molar-refractivity contribution in [1.29, 1.82) is 0 Å². The zero-order chi connectivity index (χ0) is 18.8. The van der Waals surface area contributed by atoms with Gasteiger partial charge in [-0.05, 0) is 30.9 Å². The molecule has 0 unspecified atom stereocenters. The molecule has 27 heavy (non-hydrogen) atoms. The van der Waals surface area contributed by atoms with Gasteiger partial charge in [-0.25, -0.2) is 0 Å². The van der Waals surface area contributed by atoms with Gasteiger partial charge in [-0.1, -0.05) is 12.1 Å². The first-order valence-corrected chi connectivity index (χ1v) is 9.66. The number of imide groups is 1. The summed E-state index contributed by atoms with van der Waals surface area (Å²) in [5.41, 5.74) is 0.777. The van der Waals surface area contributed by atoms with Crippen LogP contribution in [0, 0.1) is 5.92 Å². The van der Waals surface area contributed by atoms with E-state index in [1.165, 1.54) is 0 Å². The fraction of sp³-hybridized carbons (Fsp3) is 0.550. The molecule has 0 N–H and O–H groups in total. The maximum atomic E-state index is 12.6. The van der Waals surface area contributed by atoms with Crippen LogP contribution in [-0.4, -0.2) is 84.9 Å². The van der Waals surface area contributed by atoms with Crippen molar-refractivity contribution in [2.45, 2.75) is 12.8 Å². The second-order valence-corrected chi connectivity index (χ2v) is 7.48. The van der Waals surface area contributed by atoms with Crippen molar-refractivity contribution in [3.63, 3.8) is 0 Å². The number of benzene rings is 1. The highest BCUT2D eigenvalue weighted by atomic mass is 16.5. The molecule has 3 aliphatic heterocycles. The van der Waals surface area contributed by atoms with Crippen LogP contribution in [0.5, 0.6) is 0 Å². The van der Waals surface area contributed by atoms with Gasteiger partial charge in [0.2, 0.25) is 5.91 Å². The molecule has 0 atom stereocenters. The largest absolute Gasteiger partial charge is 0.379 e. The van der Waals surface area contributed by atoms with Crippen LogP contribution < -0.4 is 0 Å². The van der Waals surface area contributed by atoms with Gasteiger partial charge in [0.25, 0.3) is 11.8 Å². The minimum Gasteiger partial charge on any atom is -0.379 e. The van der Waals surface area contributed by atoms with Crippen LogP contribution in [0.15, 0.2) is 24.3 Å². The van der Waals surface area contributed by atoms with Crippen LogP contribution in [0.4, 0.5) is 0 Å². The van der Waals surface area contributed by atoms with E-state index in [1.54, 1.807) is 29.2 Å². The Bertz CT molecular complexity index is 701. The second-order valence-electron chi connectivity index (χ2n) is 7.48. The molecule has 0 spiro atoms. The van der Waals surface area contributed by atoms with Gasteiger partial charge in [0.05, 0.1) is 24.3 Å². The van der Waals surface area contributed by atoms with Crippen LogP contribution in [0.3, 0.4) is 0 Å². The number of rotatable bonds is 4. The molecule has 1 aromatic rings. The van der Waals surface area contributed by atoms with Gasteiger partial charge in [0, 0.05) is 32.7 Å². The van der Waals surface area contributed by atoms with Gasteiger partial charge in [-0.2, -0.15) is 0 Å². The van der Waals surface area contributed by atoms with Crippen molar-refractivity contribution in [3.8, 4) is 0 Å². The Balaban J connectivity index is 1.29. The lowest BCUT2D eigenvalue weighted by molar-refractivity contribution is -0.133. The Labute approximate surface area is 158 Å². The molecule has 0 saturated carbocycles. The molecule has 1 aromatic carbocycles. The van der Waals surface area contributed by atoms with E-state index in [2.05, 4.69) is 4.90 Å². The smallest absolute Gasteiger partial charge is 0.262 e. The topological polar surface area (TPSA) is 70.2 Å². The fourth-order valence-electron chi connectivity index (χ4n) is 4.13. The number of carbonyl (C=O) groups is 3. The number of likely N-dealkylation sites (tertiary alicyclic amines) is 1. The van der Waals surface area contributed by atoms with Crippen molar-refractivity contribution in [2.75, 3.05) is 52.5 Å². The Morgan fingerprint density at radius 3 is 2.15 bits per heavy atom. The van der Waals surface area contributed by atoms with Crippen molar-refractivity contribution < 1.29 is 19.1 Å².